The molecule has 0 unspecified atom stereocenters. The Balaban J connectivity index is 1.39. The number of benzene rings is 3. The highest BCUT2D eigenvalue weighted by molar-refractivity contribution is 6.05. The van der Waals surface area contributed by atoms with E-state index < -0.39 is 17.7 Å². The van der Waals surface area contributed by atoms with Crippen LogP contribution in [0.2, 0.25) is 0 Å². The number of halogens is 1. The lowest BCUT2D eigenvalue weighted by Gasteiger charge is -2.33. The van der Waals surface area contributed by atoms with E-state index in [1.54, 1.807) is 31.2 Å². The average Bonchev–Trinajstić information content (AvgIpc) is 2.82. The lowest BCUT2D eigenvalue weighted by Crippen LogP contribution is -2.41. The van der Waals surface area contributed by atoms with E-state index in [-0.39, 0.29) is 18.2 Å². The molecular weight excluding hydrogens is 451 g/mol. The molecule has 1 N–H and O–H groups in total. The first kappa shape index (κ1) is 24.1. The maximum Gasteiger partial charge on any atom is 0.309 e. The van der Waals surface area contributed by atoms with E-state index in [2.05, 4.69) is 15.0 Å². The van der Waals surface area contributed by atoms with Crippen molar-refractivity contribution in [3.63, 3.8) is 0 Å². The highest BCUT2D eigenvalue weighted by Gasteiger charge is 2.23. The topological polar surface area (TPSA) is 77.1 Å². The second-order valence-electron chi connectivity index (χ2n) is 8.43. The molecule has 35 heavy (non-hydrogen) atoms. The monoisotopic (exact) mass is 478 g/mol. The van der Waals surface area contributed by atoms with Gasteiger partial charge in [0.1, 0.15) is 30.0 Å². The molecule has 4 rings (SSSR count). The Labute approximate surface area is 203 Å². The molecule has 182 valence electrons. The van der Waals surface area contributed by atoms with Crippen molar-refractivity contribution >= 4 is 23.3 Å². The van der Waals surface area contributed by atoms with Crippen LogP contribution in [0.25, 0.3) is 0 Å². The molecule has 8 heteroatoms. The van der Waals surface area contributed by atoms with Crippen molar-refractivity contribution < 1.29 is 28.2 Å². The molecule has 1 aliphatic rings. The third-order valence-electron chi connectivity index (χ3n) is 5.72. The first-order valence-corrected chi connectivity index (χ1v) is 11.2. The van der Waals surface area contributed by atoms with Crippen LogP contribution in [0.4, 0.5) is 15.8 Å². The predicted molar refractivity (Wildman–Crippen MR) is 131 cm³/mol. The predicted octanol–water partition coefficient (Wildman–Crippen LogP) is 4.38. The summed E-state index contributed by atoms with van der Waals surface area (Å²) in [6.07, 6.45) is -0.223. The molecule has 1 amide bonds. The Morgan fingerprint density at radius 1 is 1.14 bits per heavy atom. The van der Waals surface area contributed by atoms with Crippen molar-refractivity contribution in [3.8, 4) is 11.5 Å². The van der Waals surface area contributed by atoms with Gasteiger partial charge in [0.15, 0.2) is 0 Å². The molecule has 0 spiro atoms. The number of hydrogen-bond acceptors (Lipinski definition) is 6. The summed E-state index contributed by atoms with van der Waals surface area (Å²) in [6, 6.07) is 17.0. The zero-order valence-electron chi connectivity index (χ0n) is 19.8. The van der Waals surface area contributed by atoms with Crippen molar-refractivity contribution in [2.75, 3.05) is 37.5 Å². The SMILES string of the molecule is COC(=O)Cc1cc(F)cc(NC(=O)c2ccc(OC[C@@H]3CN(C)c4ccccc4O3)cc2C)c1. The van der Waals surface area contributed by atoms with Gasteiger partial charge in [-0.2, -0.15) is 0 Å². The number of esters is 1. The number of nitrogens with zero attached hydrogens (tertiary/aromatic N) is 1. The standard InChI is InChI=1S/C27H27FN2O5/c1-17-10-21(34-16-22-15-30(2)24-6-4-5-7-25(24)35-22)8-9-23(17)27(32)29-20-12-18(11-19(28)14-20)13-26(31)33-3/h4-12,14,22H,13,15-16H2,1-3H3,(H,29,32)/t22-/m0/s1. The minimum atomic E-state index is -0.555. The van der Waals surface area contributed by atoms with E-state index in [0.29, 0.717) is 35.6 Å². The quantitative estimate of drug-likeness (QED) is 0.508. The number of anilines is 2. The van der Waals surface area contributed by atoms with E-state index in [4.69, 9.17) is 9.47 Å². The number of methoxy groups -OCH3 is 1. The maximum absolute atomic E-state index is 14.0. The number of nitrogens with one attached hydrogen (secondary N) is 1. The van der Waals surface area contributed by atoms with E-state index in [9.17, 15) is 14.0 Å². The number of ether oxygens (including phenoxy) is 3. The van der Waals surface area contributed by atoms with Crippen LogP contribution in [0, 0.1) is 12.7 Å². The molecule has 0 saturated carbocycles. The van der Waals surface area contributed by atoms with Crippen LogP contribution in [-0.4, -0.2) is 45.3 Å². The normalized spacial score (nSPS) is 14.5. The minimum absolute atomic E-state index is 0.0890. The first-order valence-electron chi connectivity index (χ1n) is 11.2. The van der Waals surface area contributed by atoms with Crippen LogP contribution in [0.5, 0.6) is 11.5 Å². The largest absolute Gasteiger partial charge is 0.490 e. The van der Waals surface area contributed by atoms with Gasteiger partial charge in [-0.3, -0.25) is 9.59 Å². The van der Waals surface area contributed by atoms with Crippen LogP contribution in [0.15, 0.2) is 60.7 Å². The van der Waals surface area contributed by atoms with Crippen LogP contribution in [-0.2, 0) is 16.0 Å². The lowest BCUT2D eigenvalue weighted by molar-refractivity contribution is -0.139. The van der Waals surface area contributed by atoms with E-state index in [0.717, 1.165) is 11.4 Å². The molecule has 7 nitrogen and oxygen atoms in total. The smallest absolute Gasteiger partial charge is 0.309 e. The summed E-state index contributed by atoms with van der Waals surface area (Å²) in [7, 11) is 3.28. The second kappa shape index (κ2) is 10.5. The van der Waals surface area contributed by atoms with Crippen LogP contribution < -0.4 is 19.7 Å². The van der Waals surface area contributed by atoms with Gasteiger partial charge in [0.2, 0.25) is 0 Å². The molecule has 0 aromatic heterocycles. The highest BCUT2D eigenvalue weighted by Crippen LogP contribution is 2.32. The second-order valence-corrected chi connectivity index (χ2v) is 8.43. The van der Waals surface area contributed by atoms with Gasteiger partial charge < -0.3 is 24.4 Å². The molecule has 1 aliphatic heterocycles. The summed E-state index contributed by atoms with van der Waals surface area (Å²) in [4.78, 5) is 26.4. The number of hydrogen-bond donors (Lipinski definition) is 1. The van der Waals surface area contributed by atoms with Crippen molar-refractivity contribution in [1.82, 2.24) is 0 Å². The minimum Gasteiger partial charge on any atom is -0.490 e. The molecule has 1 atom stereocenters. The van der Waals surface area contributed by atoms with Crippen LogP contribution in [0.1, 0.15) is 21.5 Å². The van der Waals surface area contributed by atoms with Crippen molar-refractivity contribution in [2.45, 2.75) is 19.4 Å². The third-order valence-corrected chi connectivity index (χ3v) is 5.72. The summed E-state index contributed by atoms with van der Waals surface area (Å²) in [5, 5.41) is 2.69. The molecule has 0 aliphatic carbocycles. The molecule has 0 radical (unpaired) electrons. The fourth-order valence-electron chi connectivity index (χ4n) is 4.01. The summed E-state index contributed by atoms with van der Waals surface area (Å²) in [5.41, 5.74) is 2.85. The van der Waals surface area contributed by atoms with Crippen LogP contribution in [0.3, 0.4) is 0 Å². The summed E-state index contributed by atoms with van der Waals surface area (Å²) < 4.78 is 30.6. The summed E-state index contributed by atoms with van der Waals surface area (Å²) >= 11 is 0. The molecule has 3 aromatic rings. The highest BCUT2D eigenvalue weighted by atomic mass is 19.1. The number of aryl methyl sites for hydroxylation is 1. The molecular formula is C27H27FN2O5. The van der Waals surface area contributed by atoms with Gasteiger partial charge in [-0.1, -0.05) is 12.1 Å². The number of para-hydroxylation sites is 2. The maximum atomic E-state index is 14.0. The summed E-state index contributed by atoms with van der Waals surface area (Å²) in [6.45, 7) is 2.86. The van der Waals surface area contributed by atoms with Gasteiger partial charge >= 0.3 is 5.97 Å². The van der Waals surface area contributed by atoms with Gasteiger partial charge in [-0.05, 0) is 66.6 Å². The number of carbonyl (C=O) groups is 2. The zero-order valence-corrected chi connectivity index (χ0v) is 19.8. The Bertz CT molecular complexity index is 1250. The molecule has 3 aromatic carbocycles. The lowest BCUT2D eigenvalue weighted by atomic mass is 10.1. The van der Waals surface area contributed by atoms with Gasteiger partial charge in [0, 0.05) is 18.3 Å². The fourth-order valence-corrected chi connectivity index (χ4v) is 4.01. The van der Waals surface area contributed by atoms with Gasteiger partial charge in [0.25, 0.3) is 5.91 Å². The molecule has 0 fully saturated rings. The van der Waals surface area contributed by atoms with E-state index >= 15 is 0 Å². The number of likely N-dealkylation sites (N-methyl/N-ethyl adjacent to an activating group) is 1. The van der Waals surface area contributed by atoms with Crippen molar-refractivity contribution in [1.29, 1.82) is 0 Å². The van der Waals surface area contributed by atoms with Crippen molar-refractivity contribution in [3.05, 3.63) is 83.2 Å². The zero-order chi connectivity index (χ0) is 24.9. The first-order chi connectivity index (χ1) is 16.8. The Morgan fingerprint density at radius 3 is 2.71 bits per heavy atom. The van der Waals surface area contributed by atoms with E-state index in [1.807, 2.05) is 31.3 Å². The molecule has 0 saturated heterocycles. The van der Waals surface area contributed by atoms with Crippen LogP contribution >= 0.6 is 0 Å². The number of carbonyl (C=O) groups excluding carboxylic acids is 2. The average molecular weight is 479 g/mol. The van der Waals surface area contributed by atoms with E-state index in [1.165, 1.54) is 19.2 Å². The third kappa shape index (κ3) is 5.90. The Kier molecular flexibility index (Phi) is 7.19. The Morgan fingerprint density at radius 2 is 1.94 bits per heavy atom. The summed E-state index contributed by atoms with van der Waals surface area (Å²) in [5.74, 6) is 0.00657. The number of fused-ring (bicyclic) bond motifs is 1. The Hall–Kier alpha value is -4.07. The number of rotatable bonds is 7. The fraction of sp³-hybridized carbons (Fsp3) is 0.259. The van der Waals surface area contributed by atoms with Gasteiger partial charge in [-0.15, -0.1) is 0 Å². The van der Waals surface area contributed by atoms with Crippen molar-refractivity contribution in [2.24, 2.45) is 0 Å². The number of amides is 1. The van der Waals surface area contributed by atoms with Gasteiger partial charge in [0.05, 0.1) is 25.8 Å². The molecule has 0 bridgehead atoms. The molecule has 1 heterocycles. The van der Waals surface area contributed by atoms with Gasteiger partial charge in [-0.25, -0.2) is 4.39 Å².